The molecule has 1 rings (SSSR count). The highest BCUT2D eigenvalue weighted by atomic mass is 127. The van der Waals surface area contributed by atoms with E-state index in [1.807, 2.05) is 0 Å². The van der Waals surface area contributed by atoms with E-state index < -0.39 is 22.6 Å². The van der Waals surface area contributed by atoms with Crippen molar-refractivity contribution in [3.8, 4) is 0 Å². The molecule has 23 heavy (non-hydrogen) atoms. The molecule has 1 heterocycles. The molecule has 0 spiro atoms. The predicted octanol–water partition coefficient (Wildman–Crippen LogP) is 0.841. The van der Waals surface area contributed by atoms with Gasteiger partial charge in [0.25, 0.3) is 0 Å². The molecule has 1 fully saturated rings. The number of alkyl halides is 3. The monoisotopic (exact) mass is 472 g/mol. The molecule has 1 unspecified atom stereocenters. The molecule has 0 saturated carbocycles. The summed E-state index contributed by atoms with van der Waals surface area (Å²) in [6.07, 6.45) is -3.60. The highest BCUT2D eigenvalue weighted by Crippen LogP contribution is 2.19. The second-order valence-corrected chi connectivity index (χ2v) is 7.69. The third-order valence-electron chi connectivity index (χ3n) is 3.39. The number of aliphatic imine (C=N–C) groups is 1. The molecule has 0 aliphatic carbocycles. The van der Waals surface area contributed by atoms with Crippen LogP contribution in [0.5, 0.6) is 0 Å². The van der Waals surface area contributed by atoms with Crippen molar-refractivity contribution in [2.24, 2.45) is 4.99 Å². The fourth-order valence-electron chi connectivity index (χ4n) is 2.20. The van der Waals surface area contributed by atoms with E-state index in [4.69, 9.17) is 0 Å². The molecular formula is C12H24F3IN4O2S. The molecule has 138 valence electrons. The first-order valence-electron chi connectivity index (χ1n) is 7.12. The van der Waals surface area contributed by atoms with Crippen LogP contribution in [0.1, 0.15) is 13.3 Å². The van der Waals surface area contributed by atoms with Gasteiger partial charge in [-0.15, -0.1) is 24.0 Å². The summed E-state index contributed by atoms with van der Waals surface area (Å²) in [5, 5.41) is 5.89. The first-order valence-corrected chi connectivity index (χ1v) is 8.94. The highest BCUT2D eigenvalue weighted by molar-refractivity contribution is 14.0. The molecular weight excluding hydrogens is 448 g/mol. The second-order valence-electron chi connectivity index (χ2n) is 5.22. The zero-order valence-electron chi connectivity index (χ0n) is 13.2. The van der Waals surface area contributed by atoms with E-state index in [2.05, 4.69) is 15.6 Å². The summed E-state index contributed by atoms with van der Waals surface area (Å²) in [7, 11) is -1.52. The van der Waals surface area contributed by atoms with Crippen LogP contribution >= 0.6 is 24.0 Å². The van der Waals surface area contributed by atoms with Crippen molar-refractivity contribution in [1.82, 2.24) is 15.5 Å². The summed E-state index contributed by atoms with van der Waals surface area (Å²) >= 11 is 0. The van der Waals surface area contributed by atoms with Crippen LogP contribution in [0.4, 0.5) is 13.2 Å². The lowest BCUT2D eigenvalue weighted by Gasteiger charge is -2.19. The summed E-state index contributed by atoms with van der Waals surface area (Å²) in [6.45, 7) is 1.54. The van der Waals surface area contributed by atoms with Gasteiger partial charge in [-0.05, 0) is 6.42 Å². The van der Waals surface area contributed by atoms with E-state index in [0.29, 0.717) is 18.9 Å². The number of rotatable bonds is 6. The molecule has 1 atom stereocenters. The van der Waals surface area contributed by atoms with Crippen molar-refractivity contribution in [1.29, 1.82) is 0 Å². The lowest BCUT2D eigenvalue weighted by molar-refractivity contribution is -0.143. The topological polar surface area (TPSA) is 73.8 Å². The maximum Gasteiger partial charge on any atom is 0.401 e. The molecule has 6 nitrogen and oxygen atoms in total. The molecule has 1 aliphatic rings. The van der Waals surface area contributed by atoms with E-state index in [1.54, 1.807) is 6.92 Å². The standard InChI is InChI=1S/C12H23F3N4O2S.HI/c1-3-22(20,21)7-5-17-11(16-2)18-10-4-6-19(8-10)9-12(13,14)15;/h10H,3-9H2,1-2H3,(H2,16,17,18);1H. The minimum absolute atomic E-state index is 0. The maximum atomic E-state index is 12.3. The van der Waals surface area contributed by atoms with Crippen molar-refractivity contribution >= 4 is 39.8 Å². The van der Waals surface area contributed by atoms with Gasteiger partial charge in [0.1, 0.15) is 0 Å². The molecule has 1 aliphatic heterocycles. The van der Waals surface area contributed by atoms with Crippen LogP contribution in [0.15, 0.2) is 4.99 Å². The Kier molecular flexibility index (Phi) is 9.74. The van der Waals surface area contributed by atoms with Crippen molar-refractivity contribution in [3.05, 3.63) is 0 Å². The van der Waals surface area contributed by atoms with Gasteiger partial charge in [-0.2, -0.15) is 13.2 Å². The number of halogens is 4. The first kappa shape index (κ1) is 22.7. The van der Waals surface area contributed by atoms with Gasteiger partial charge in [-0.25, -0.2) is 8.42 Å². The van der Waals surface area contributed by atoms with Crippen LogP contribution in [0.25, 0.3) is 0 Å². The number of hydrogen-bond donors (Lipinski definition) is 2. The quantitative estimate of drug-likeness (QED) is 0.341. The second kappa shape index (κ2) is 9.87. The Morgan fingerprint density at radius 1 is 1.39 bits per heavy atom. The number of likely N-dealkylation sites (tertiary alicyclic amines) is 1. The SMILES string of the molecule is CCS(=O)(=O)CCNC(=NC)NC1CCN(CC(F)(F)F)C1.I. The summed E-state index contributed by atoms with van der Waals surface area (Å²) in [5.74, 6) is 0.482. The van der Waals surface area contributed by atoms with Gasteiger partial charge < -0.3 is 10.6 Å². The van der Waals surface area contributed by atoms with E-state index in [-0.39, 0.29) is 54.6 Å². The molecule has 0 amide bonds. The summed E-state index contributed by atoms with van der Waals surface area (Å²) in [4.78, 5) is 5.30. The van der Waals surface area contributed by atoms with Crippen LogP contribution in [0, 0.1) is 0 Å². The van der Waals surface area contributed by atoms with E-state index in [0.717, 1.165) is 0 Å². The lowest BCUT2D eigenvalue weighted by atomic mass is 10.3. The average Bonchev–Trinajstić information content (AvgIpc) is 2.82. The van der Waals surface area contributed by atoms with Gasteiger partial charge in [0.15, 0.2) is 15.8 Å². The summed E-state index contributed by atoms with van der Waals surface area (Å²) in [5.41, 5.74) is 0. The lowest BCUT2D eigenvalue weighted by Crippen LogP contribution is -2.46. The van der Waals surface area contributed by atoms with E-state index >= 15 is 0 Å². The Morgan fingerprint density at radius 2 is 2.04 bits per heavy atom. The van der Waals surface area contributed by atoms with Gasteiger partial charge in [0, 0.05) is 38.5 Å². The molecule has 11 heteroatoms. The Bertz CT molecular complexity index is 485. The van der Waals surface area contributed by atoms with Gasteiger partial charge in [0.2, 0.25) is 0 Å². The van der Waals surface area contributed by atoms with Crippen LogP contribution in [-0.2, 0) is 9.84 Å². The smallest absolute Gasteiger partial charge is 0.355 e. The van der Waals surface area contributed by atoms with Crippen LogP contribution in [0.2, 0.25) is 0 Å². The molecule has 0 aromatic carbocycles. The Balaban J connectivity index is 0.00000484. The predicted molar refractivity (Wildman–Crippen MR) is 95.1 cm³/mol. The molecule has 0 aromatic heterocycles. The van der Waals surface area contributed by atoms with Gasteiger partial charge in [0.05, 0.1) is 12.3 Å². The minimum atomic E-state index is -4.19. The summed E-state index contributed by atoms with van der Waals surface area (Å²) in [6, 6.07) is -0.128. The van der Waals surface area contributed by atoms with Crippen molar-refractivity contribution in [2.45, 2.75) is 25.6 Å². The van der Waals surface area contributed by atoms with Crippen LogP contribution < -0.4 is 10.6 Å². The number of nitrogens with one attached hydrogen (secondary N) is 2. The van der Waals surface area contributed by atoms with E-state index in [9.17, 15) is 21.6 Å². The first-order chi connectivity index (χ1) is 10.1. The van der Waals surface area contributed by atoms with Crippen molar-refractivity contribution in [2.75, 3.05) is 44.7 Å². The van der Waals surface area contributed by atoms with Crippen molar-refractivity contribution in [3.63, 3.8) is 0 Å². The molecule has 2 N–H and O–H groups in total. The average molecular weight is 472 g/mol. The zero-order chi connectivity index (χ0) is 16.8. The molecule has 0 bridgehead atoms. The summed E-state index contributed by atoms with van der Waals surface area (Å²) < 4.78 is 59.7. The maximum absolute atomic E-state index is 12.3. The third-order valence-corrected chi connectivity index (χ3v) is 5.09. The minimum Gasteiger partial charge on any atom is -0.355 e. The van der Waals surface area contributed by atoms with Gasteiger partial charge in [-0.1, -0.05) is 6.92 Å². The van der Waals surface area contributed by atoms with Gasteiger partial charge >= 0.3 is 6.18 Å². The van der Waals surface area contributed by atoms with Crippen LogP contribution in [0.3, 0.4) is 0 Å². The van der Waals surface area contributed by atoms with Gasteiger partial charge in [-0.3, -0.25) is 9.89 Å². The van der Waals surface area contributed by atoms with Crippen LogP contribution in [-0.4, -0.2) is 76.2 Å². The molecule has 0 radical (unpaired) electrons. The molecule has 1 saturated heterocycles. The Morgan fingerprint density at radius 3 is 2.57 bits per heavy atom. The molecule has 0 aromatic rings. The number of sulfone groups is 1. The fourth-order valence-corrected chi connectivity index (χ4v) is 2.91. The Labute approximate surface area is 152 Å². The number of guanidine groups is 1. The van der Waals surface area contributed by atoms with Crippen molar-refractivity contribution < 1.29 is 21.6 Å². The fraction of sp³-hybridized carbons (Fsp3) is 0.917. The number of nitrogens with zero attached hydrogens (tertiary/aromatic N) is 2. The Hall–Kier alpha value is -0.300. The highest BCUT2D eigenvalue weighted by Gasteiger charge is 2.34. The zero-order valence-corrected chi connectivity index (χ0v) is 16.3. The third kappa shape index (κ3) is 9.55. The number of hydrogen-bond acceptors (Lipinski definition) is 4. The largest absolute Gasteiger partial charge is 0.401 e. The van der Waals surface area contributed by atoms with E-state index in [1.165, 1.54) is 11.9 Å². The normalized spacial score (nSPS) is 20.2.